The smallest absolute Gasteiger partial charge is 0.123 e. The third kappa shape index (κ3) is 5.73. The zero-order valence-electron chi connectivity index (χ0n) is 24.0. The lowest BCUT2D eigenvalue weighted by atomic mass is 9.76. The van der Waals surface area contributed by atoms with Crippen LogP contribution in [-0.4, -0.2) is 24.7 Å². The van der Waals surface area contributed by atoms with Crippen molar-refractivity contribution in [2.24, 2.45) is 0 Å². The molecular weight excluding hydrogens is 514 g/mol. The third-order valence-electron chi connectivity index (χ3n) is 8.08. The Balaban J connectivity index is 1.42. The fourth-order valence-corrected chi connectivity index (χ4v) is 6.09. The quantitative estimate of drug-likeness (QED) is 0.138. The van der Waals surface area contributed by atoms with Gasteiger partial charge in [-0.25, -0.2) is 0 Å². The zero-order valence-corrected chi connectivity index (χ0v) is 24.0. The molecular formula is C38H37N3O. The van der Waals surface area contributed by atoms with E-state index in [1.807, 2.05) is 12.1 Å². The topological polar surface area (TPSA) is 49.1 Å². The number of nitrogens with one attached hydrogen (secondary N) is 3. The number of fused-ring (bicyclic) bond motifs is 1. The van der Waals surface area contributed by atoms with Crippen LogP contribution >= 0.6 is 0 Å². The lowest BCUT2D eigenvalue weighted by Crippen LogP contribution is -2.53. The van der Waals surface area contributed by atoms with Gasteiger partial charge in [0, 0.05) is 41.8 Å². The molecule has 4 heteroatoms. The number of rotatable bonds is 12. The maximum atomic E-state index is 5.63. The lowest BCUT2D eigenvalue weighted by molar-refractivity contribution is 0.369. The molecule has 6 rings (SSSR count). The monoisotopic (exact) mass is 551 g/mol. The molecule has 0 saturated carbocycles. The summed E-state index contributed by atoms with van der Waals surface area (Å²) in [5.74, 6) is 0.901. The van der Waals surface area contributed by atoms with Crippen LogP contribution in [0, 0.1) is 0 Å². The Morgan fingerprint density at radius 3 is 1.81 bits per heavy atom. The summed E-state index contributed by atoms with van der Waals surface area (Å²) in [7, 11) is 1.73. The number of aromatic nitrogens is 1. The molecule has 0 bridgehead atoms. The van der Waals surface area contributed by atoms with Crippen LogP contribution in [-0.2, 0) is 18.5 Å². The number of benzene rings is 5. The molecule has 42 heavy (non-hydrogen) atoms. The Labute approximate surface area is 248 Å². The Kier molecular flexibility index (Phi) is 8.46. The highest BCUT2D eigenvalue weighted by molar-refractivity contribution is 5.83. The molecule has 1 heterocycles. The number of methoxy groups -OCH3 is 1. The molecule has 0 spiro atoms. The molecule has 0 aliphatic rings. The SMILES string of the molecule is COc1ccccc1CNC[C@@H](Cc1c[nH]c2ccccc12)NC(c1ccccc1)(c1ccccc1)c1ccccc1. The standard InChI is InChI=1S/C38H37N3O/c1-42-37-24-14-11-15-29(37)26-39-28-34(25-30-27-40-36-23-13-12-22-35(30)36)41-38(31-16-5-2-6-17-31,32-18-7-3-8-19-32)33-20-9-4-10-21-33/h2-24,27,34,39-41H,25-26,28H2,1H3/t34-/m1/s1. The first-order chi connectivity index (χ1) is 20.8. The van der Waals surface area contributed by atoms with E-state index in [-0.39, 0.29) is 6.04 Å². The van der Waals surface area contributed by atoms with Crippen molar-refractivity contribution in [3.63, 3.8) is 0 Å². The predicted octanol–water partition coefficient (Wildman–Crippen LogP) is 7.46. The molecule has 0 saturated heterocycles. The summed E-state index contributed by atoms with van der Waals surface area (Å²) in [6.07, 6.45) is 3.01. The van der Waals surface area contributed by atoms with Crippen LogP contribution in [0.4, 0.5) is 0 Å². The molecule has 0 radical (unpaired) electrons. The van der Waals surface area contributed by atoms with Gasteiger partial charge in [-0.05, 0) is 40.8 Å². The number of para-hydroxylation sites is 2. The Morgan fingerprint density at radius 2 is 1.19 bits per heavy atom. The van der Waals surface area contributed by atoms with Crippen LogP contribution in [0.5, 0.6) is 5.75 Å². The molecule has 4 nitrogen and oxygen atoms in total. The van der Waals surface area contributed by atoms with Crippen LogP contribution in [0.25, 0.3) is 10.9 Å². The predicted molar refractivity (Wildman–Crippen MR) is 173 cm³/mol. The van der Waals surface area contributed by atoms with Crippen molar-refractivity contribution in [1.29, 1.82) is 0 Å². The number of ether oxygens (including phenoxy) is 1. The molecule has 1 aromatic heterocycles. The fraction of sp³-hybridized carbons (Fsp3) is 0.158. The number of aromatic amines is 1. The summed E-state index contributed by atoms with van der Waals surface area (Å²) >= 11 is 0. The maximum absolute atomic E-state index is 5.63. The van der Waals surface area contributed by atoms with Crippen molar-refractivity contribution in [1.82, 2.24) is 15.6 Å². The summed E-state index contributed by atoms with van der Waals surface area (Å²) in [6.45, 7) is 1.47. The first kappa shape index (κ1) is 27.5. The van der Waals surface area contributed by atoms with Gasteiger partial charge in [0.05, 0.1) is 12.6 Å². The second kappa shape index (κ2) is 12.9. The van der Waals surface area contributed by atoms with Gasteiger partial charge in [-0.15, -0.1) is 0 Å². The van der Waals surface area contributed by atoms with E-state index in [9.17, 15) is 0 Å². The van der Waals surface area contributed by atoms with Gasteiger partial charge in [-0.2, -0.15) is 0 Å². The average Bonchev–Trinajstić information content (AvgIpc) is 3.47. The highest BCUT2D eigenvalue weighted by Crippen LogP contribution is 2.37. The number of hydrogen-bond donors (Lipinski definition) is 3. The van der Waals surface area contributed by atoms with Crippen LogP contribution in [0.15, 0.2) is 146 Å². The zero-order chi connectivity index (χ0) is 28.6. The van der Waals surface area contributed by atoms with Crippen molar-refractivity contribution in [2.75, 3.05) is 13.7 Å². The summed E-state index contributed by atoms with van der Waals surface area (Å²) in [5, 5.41) is 9.25. The average molecular weight is 552 g/mol. The van der Waals surface area contributed by atoms with Crippen LogP contribution in [0.1, 0.15) is 27.8 Å². The van der Waals surface area contributed by atoms with Gasteiger partial charge >= 0.3 is 0 Å². The minimum Gasteiger partial charge on any atom is -0.496 e. The van der Waals surface area contributed by atoms with E-state index in [1.165, 1.54) is 27.6 Å². The second-order valence-electron chi connectivity index (χ2n) is 10.7. The van der Waals surface area contributed by atoms with Crippen LogP contribution in [0.3, 0.4) is 0 Å². The number of H-pyrrole nitrogens is 1. The molecule has 1 atom stereocenters. The molecule has 0 aliphatic carbocycles. The molecule has 0 fully saturated rings. The third-order valence-corrected chi connectivity index (χ3v) is 8.08. The van der Waals surface area contributed by atoms with Crippen LogP contribution in [0.2, 0.25) is 0 Å². The van der Waals surface area contributed by atoms with Crippen molar-refractivity contribution < 1.29 is 4.74 Å². The molecule has 0 aliphatic heterocycles. The van der Waals surface area contributed by atoms with Crippen LogP contribution < -0.4 is 15.4 Å². The fourth-order valence-electron chi connectivity index (χ4n) is 6.09. The van der Waals surface area contributed by atoms with Gasteiger partial charge in [0.25, 0.3) is 0 Å². The van der Waals surface area contributed by atoms with Gasteiger partial charge in [0.2, 0.25) is 0 Å². The molecule has 5 aromatic carbocycles. The van der Waals surface area contributed by atoms with E-state index in [0.29, 0.717) is 6.54 Å². The van der Waals surface area contributed by atoms with Gasteiger partial charge in [-0.3, -0.25) is 5.32 Å². The van der Waals surface area contributed by atoms with Gasteiger partial charge < -0.3 is 15.0 Å². The van der Waals surface area contributed by atoms with Crippen molar-refractivity contribution in [2.45, 2.75) is 24.5 Å². The molecule has 210 valence electrons. The normalized spacial score (nSPS) is 12.3. The van der Waals surface area contributed by atoms with Gasteiger partial charge in [0.15, 0.2) is 0 Å². The van der Waals surface area contributed by atoms with Crippen molar-refractivity contribution >= 4 is 10.9 Å². The van der Waals surface area contributed by atoms with E-state index < -0.39 is 5.54 Å². The molecule has 0 amide bonds. The number of hydrogen-bond acceptors (Lipinski definition) is 3. The van der Waals surface area contributed by atoms with E-state index >= 15 is 0 Å². The highest BCUT2D eigenvalue weighted by Gasteiger charge is 2.38. The lowest BCUT2D eigenvalue weighted by Gasteiger charge is -2.40. The van der Waals surface area contributed by atoms with Crippen molar-refractivity contribution in [3.8, 4) is 5.75 Å². The maximum Gasteiger partial charge on any atom is 0.123 e. The molecule has 0 unspecified atom stereocenters. The van der Waals surface area contributed by atoms with E-state index in [4.69, 9.17) is 4.74 Å². The molecule has 3 N–H and O–H groups in total. The Morgan fingerprint density at radius 1 is 0.643 bits per heavy atom. The Bertz CT molecular complexity index is 1600. The van der Waals surface area contributed by atoms with Gasteiger partial charge in [-0.1, -0.05) is 127 Å². The summed E-state index contributed by atoms with van der Waals surface area (Å²) in [4.78, 5) is 3.48. The molecule has 6 aromatic rings. The summed E-state index contributed by atoms with van der Waals surface area (Å²) in [6, 6.07) is 49.3. The first-order valence-electron chi connectivity index (χ1n) is 14.6. The second-order valence-corrected chi connectivity index (χ2v) is 10.7. The highest BCUT2D eigenvalue weighted by atomic mass is 16.5. The minimum absolute atomic E-state index is 0.0829. The van der Waals surface area contributed by atoms with Crippen molar-refractivity contribution in [3.05, 3.63) is 174 Å². The van der Waals surface area contributed by atoms with Gasteiger partial charge in [0.1, 0.15) is 5.75 Å². The largest absolute Gasteiger partial charge is 0.496 e. The summed E-state index contributed by atoms with van der Waals surface area (Å²) in [5.41, 5.74) is 6.65. The first-order valence-corrected chi connectivity index (χ1v) is 14.6. The summed E-state index contributed by atoms with van der Waals surface area (Å²) < 4.78 is 5.63. The van der Waals surface area contributed by atoms with E-state index in [1.54, 1.807) is 7.11 Å². The van der Waals surface area contributed by atoms with E-state index in [2.05, 4.69) is 149 Å². The van der Waals surface area contributed by atoms with E-state index in [0.717, 1.165) is 29.8 Å². The minimum atomic E-state index is -0.563. The Hall–Kier alpha value is -4.64.